The number of rotatable bonds is 24. The van der Waals surface area contributed by atoms with Gasteiger partial charge >= 0.3 is 6.03 Å². The Balaban J connectivity index is 1.21. The van der Waals surface area contributed by atoms with Crippen molar-refractivity contribution in [2.45, 2.75) is 63.3 Å². The molecule has 0 spiro atoms. The molecule has 0 fully saturated rings. The predicted molar refractivity (Wildman–Crippen MR) is 223 cm³/mol. The zero-order valence-electron chi connectivity index (χ0n) is 33.6. The van der Waals surface area contributed by atoms with Gasteiger partial charge in [0, 0.05) is 44.2 Å². The number of amides is 3. The predicted octanol–water partition coefficient (Wildman–Crippen LogP) is 6.32. The number of ether oxygens (including phenoxy) is 3. The van der Waals surface area contributed by atoms with Crippen LogP contribution in [-0.4, -0.2) is 82.6 Å². The lowest BCUT2D eigenvalue weighted by Gasteiger charge is -2.27. The van der Waals surface area contributed by atoms with Gasteiger partial charge in [-0.25, -0.2) is 13.2 Å². The molecule has 0 unspecified atom stereocenters. The number of aryl methyl sites for hydroxylation is 2. The van der Waals surface area contributed by atoms with Gasteiger partial charge in [0.1, 0.15) is 12.4 Å². The van der Waals surface area contributed by atoms with Crippen LogP contribution in [0.25, 0.3) is 0 Å². The first-order chi connectivity index (χ1) is 27.9. The van der Waals surface area contributed by atoms with Crippen LogP contribution in [-0.2, 0) is 34.1 Å². The Morgan fingerprint density at radius 3 is 2.17 bits per heavy atom. The molecule has 0 aliphatic heterocycles. The number of nitrogens with one attached hydrogen (secondary N) is 3. The van der Waals surface area contributed by atoms with Crippen molar-refractivity contribution in [1.82, 2.24) is 20.3 Å². The van der Waals surface area contributed by atoms with E-state index in [1.807, 2.05) is 80.6 Å². The van der Waals surface area contributed by atoms with E-state index in [1.54, 1.807) is 14.2 Å². The summed E-state index contributed by atoms with van der Waals surface area (Å²) >= 11 is 0. The first-order valence-corrected chi connectivity index (χ1v) is 20.8. The second-order valence-electron chi connectivity index (χ2n) is 14.2. The third-order valence-electron chi connectivity index (χ3n) is 9.25. The van der Waals surface area contributed by atoms with Crippen molar-refractivity contribution in [2.75, 3.05) is 47.0 Å². The first kappa shape index (κ1) is 45.0. The maximum absolute atomic E-state index is 13.6. The van der Waals surface area contributed by atoms with Gasteiger partial charge in [-0.15, -0.1) is 0 Å². The number of carbonyl (C=O) groups is 2. The number of hydrogen-bond donors (Lipinski definition) is 3. The first-order valence-electron chi connectivity index (χ1n) is 19.4. The zero-order chi connectivity index (χ0) is 41.9. The molecule has 4 aromatic carbocycles. The summed E-state index contributed by atoms with van der Waals surface area (Å²) in [6.07, 6.45) is 3.51. The maximum Gasteiger partial charge on any atom is 0.315 e. The minimum Gasteiger partial charge on any atom is -0.493 e. The molecule has 0 aliphatic rings. The minimum atomic E-state index is -3.98. The zero-order valence-corrected chi connectivity index (χ0v) is 34.5. The lowest BCUT2D eigenvalue weighted by Crippen LogP contribution is -2.46. The highest BCUT2D eigenvalue weighted by Gasteiger charge is 2.27. The van der Waals surface area contributed by atoms with Crippen LogP contribution in [0.1, 0.15) is 49.8 Å². The van der Waals surface area contributed by atoms with Crippen molar-refractivity contribution >= 4 is 27.6 Å². The highest BCUT2D eigenvalue weighted by atomic mass is 32.2. The smallest absolute Gasteiger partial charge is 0.315 e. The van der Waals surface area contributed by atoms with E-state index >= 15 is 0 Å². The van der Waals surface area contributed by atoms with Gasteiger partial charge in [0.25, 0.3) is 5.69 Å². The van der Waals surface area contributed by atoms with Gasteiger partial charge in [-0.3, -0.25) is 14.9 Å². The Hall–Kier alpha value is -5.67. The van der Waals surface area contributed by atoms with Crippen molar-refractivity contribution < 1.29 is 37.1 Å². The van der Waals surface area contributed by atoms with Crippen molar-refractivity contribution in [3.63, 3.8) is 0 Å². The van der Waals surface area contributed by atoms with Crippen molar-refractivity contribution in [3.8, 4) is 17.2 Å². The Morgan fingerprint density at radius 1 is 0.810 bits per heavy atom. The molecule has 0 saturated heterocycles. The van der Waals surface area contributed by atoms with Gasteiger partial charge in [0.15, 0.2) is 11.5 Å². The van der Waals surface area contributed by atoms with Gasteiger partial charge in [-0.1, -0.05) is 62.4 Å². The largest absolute Gasteiger partial charge is 0.493 e. The number of nitro groups is 1. The number of hydrogen-bond acceptors (Lipinski definition) is 9. The number of carbonyl (C=O) groups excluding carboxylic acids is 2. The number of benzene rings is 4. The second kappa shape index (κ2) is 22.9. The molecule has 14 nitrogen and oxygen atoms in total. The summed E-state index contributed by atoms with van der Waals surface area (Å²) in [6.45, 7) is 4.80. The number of nitrogens with zero attached hydrogens (tertiary/aromatic N) is 2. The fraction of sp³-hybridized carbons (Fsp3) is 0.395. The molecular weight excluding hydrogens is 763 g/mol. The molecule has 3 N–H and O–H groups in total. The van der Waals surface area contributed by atoms with Crippen LogP contribution in [0.4, 0.5) is 10.5 Å². The van der Waals surface area contributed by atoms with Crippen LogP contribution in [0.15, 0.2) is 102 Å². The molecule has 4 rings (SSSR count). The summed E-state index contributed by atoms with van der Waals surface area (Å²) < 4.78 is 45.2. The third kappa shape index (κ3) is 14.7. The number of non-ortho nitro benzene ring substituents is 1. The Labute approximate surface area is 341 Å². The van der Waals surface area contributed by atoms with E-state index in [0.29, 0.717) is 30.9 Å². The molecule has 0 bridgehead atoms. The minimum absolute atomic E-state index is 0.00143. The van der Waals surface area contributed by atoms with Crippen LogP contribution < -0.4 is 30.2 Å². The molecule has 4 aromatic rings. The number of methoxy groups -OCH3 is 2. The normalized spacial score (nSPS) is 11.8. The van der Waals surface area contributed by atoms with Gasteiger partial charge in [-0.2, -0.15) is 4.31 Å². The average molecular weight is 818 g/mol. The van der Waals surface area contributed by atoms with Gasteiger partial charge in [0.05, 0.1) is 30.6 Å². The molecule has 58 heavy (non-hydrogen) atoms. The summed E-state index contributed by atoms with van der Waals surface area (Å²) in [5, 5.41) is 19.6. The van der Waals surface area contributed by atoms with Gasteiger partial charge < -0.3 is 30.2 Å². The number of nitro benzene ring substituents is 1. The van der Waals surface area contributed by atoms with Crippen LogP contribution in [0, 0.1) is 16.0 Å². The van der Waals surface area contributed by atoms with E-state index in [0.717, 1.165) is 36.1 Å². The van der Waals surface area contributed by atoms with E-state index in [4.69, 9.17) is 14.2 Å². The molecule has 15 heteroatoms. The lowest BCUT2D eigenvalue weighted by molar-refractivity contribution is -0.384. The molecule has 312 valence electrons. The molecule has 0 saturated carbocycles. The monoisotopic (exact) mass is 817 g/mol. The van der Waals surface area contributed by atoms with Crippen molar-refractivity contribution in [1.29, 1.82) is 0 Å². The summed E-state index contributed by atoms with van der Waals surface area (Å²) in [5.41, 5.74) is 3.08. The average Bonchev–Trinajstić information content (AvgIpc) is 3.21. The standard InChI is InChI=1S/C43H55N5O9S/c1-32(2)31-47(58(53,54)39-19-17-37(18-20-39)48(51)52)26-23-36(28-33-10-6-5-7-11-33)46-43(50)45-24-22-42(49)44-25-27-57-38-15-9-14-34(29-38)12-8-13-35-16-21-40(55-3)41(30-35)56-4/h5-7,9-11,14-21,29-30,32,36H,8,12-13,22-28,31H2,1-4H3,(H,44,49)(H2,45,46,50)/t36-/m1/s1. The Morgan fingerprint density at radius 2 is 1.50 bits per heavy atom. The molecule has 0 radical (unpaired) electrons. The summed E-state index contributed by atoms with van der Waals surface area (Å²) in [4.78, 5) is 36.0. The summed E-state index contributed by atoms with van der Waals surface area (Å²) in [7, 11) is -0.734. The SMILES string of the molecule is COc1ccc(CCCc2cccc(OCCNC(=O)CCNC(=O)N[C@H](CCN(CC(C)C)S(=O)(=O)c3ccc([N+](=O)[O-])cc3)Cc3ccccc3)c2)cc1OC. The molecular formula is C43H55N5O9S. The van der Waals surface area contributed by atoms with E-state index in [1.165, 1.54) is 34.1 Å². The van der Waals surface area contributed by atoms with E-state index in [-0.39, 0.29) is 55.1 Å². The van der Waals surface area contributed by atoms with Crippen molar-refractivity contribution in [2.24, 2.45) is 5.92 Å². The molecule has 0 heterocycles. The van der Waals surface area contributed by atoms with E-state index in [2.05, 4.69) is 22.0 Å². The lowest BCUT2D eigenvalue weighted by atomic mass is 10.0. The van der Waals surface area contributed by atoms with E-state index < -0.39 is 27.0 Å². The van der Waals surface area contributed by atoms with Crippen LogP contribution in [0.5, 0.6) is 17.2 Å². The summed E-state index contributed by atoms with van der Waals surface area (Å²) in [6, 6.07) is 27.3. The molecule has 1 atom stereocenters. The fourth-order valence-electron chi connectivity index (χ4n) is 6.33. The topological polar surface area (TPSA) is 178 Å². The Kier molecular flexibility index (Phi) is 17.8. The quantitative estimate of drug-likeness (QED) is 0.0415. The third-order valence-corrected chi connectivity index (χ3v) is 11.1. The van der Waals surface area contributed by atoms with E-state index in [9.17, 15) is 28.1 Å². The van der Waals surface area contributed by atoms with Crippen LogP contribution >= 0.6 is 0 Å². The van der Waals surface area contributed by atoms with Crippen LogP contribution in [0.2, 0.25) is 0 Å². The van der Waals surface area contributed by atoms with Gasteiger partial charge in [-0.05, 0) is 91.1 Å². The number of sulfonamides is 1. The Bertz CT molecular complexity index is 2030. The second-order valence-corrected chi connectivity index (χ2v) is 16.2. The van der Waals surface area contributed by atoms with Crippen LogP contribution in [0.3, 0.4) is 0 Å². The van der Waals surface area contributed by atoms with Gasteiger partial charge in [0.2, 0.25) is 15.9 Å². The van der Waals surface area contributed by atoms with Crippen molar-refractivity contribution in [3.05, 3.63) is 124 Å². The fourth-order valence-corrected chi connectivity index (χ4v) is 7.95. The molecule has 0 aromatic heterocycles. The maximum atomic E-state index is 13.6. The number of urea groups is 1. The highest BCUT2D eigenvalue weighted by molar-refractivity contribution is 7.89. The molecule has 0 aliphatic carbocycles. The summed E-state index contributed by atoms with van der Waals surface area (Å²) in [5.74, 6) is 1.90. The molecule has 3 amide bonds. The highest BCUT2D eigenvalue weighted by Crippen LogP contribution is 2.28.